The maximum absolute atomic E-state index is 12.1. The first-order valence-corrected chi connectivity index (χ1v) is 9.07. The molecule has 0 heterocycles. The first kappa shape index (κ1) is 19.0. The average Bonchev–Trinajstić information content (AvgIpc) is 2.48. The lowest BCUT2D eigenvalue weighted by atomic mass is 10.1. The van der Waals surface area contributed by atoms with Crippen molar-refractivity contribution in [3.63, 3.8) is 0 Å². The van der Waals surface area contributed by atoms with Crippen LogP contribution in [0.15, 0.2) is 43.7 Å². The van der Waals surface area contributed by atoms with Gasteiger partial charge >= 0.3 is 5.97 Å². The number of aromatic carboxylic acids is 1. The van der Waals surface area contributed by atoms with E-state index >= 15 is 0 Å². The zero-order valence-electron chi connectivity index (χ0n) is 12.4. The van der Waals surface area contributed by atoms with Crippen molar-refractivity contribution in [2.75, 3.05) is 11.9 Å². The summed E-state index contributed by atoms with van der Waals surface area (Å²) in [6.07, 6.45) is 0. The van der Waals surface area contributed by atoms with E-state index in [1.165, 1.54) is 6.07 Å². The van der Waals surface area contributed by atoms with Crippen LogP contribution in [0.25, 0.3) is 0 Å². The first-order valence-electron chi connectivity index (χ1n) is 6.69. The molecule has 0 spiro atoms. The van der Waals surface area contributed by atoms with Crippen LogP contribution < -0.4 is 10.1 Å². The highest BCUT2D eigenvalue weighted by molar-refractivity contribution is 9.11. The third-order valence-electron chi connectivity index (χ3n) is 3.15. The van der Waals surface area contributed by atoms with Crippen LogP contribution in [0.1, 0.15) is 15.9 Å². The molecule has 0 unspecified atom stereocenters. The summed E-state index contributed by atoms with van der Waals surface area (Å²) in [7, 11) is 0. The number of amides is 1. The molecule has 0 aliphatic rings. The van der Waals surface area contributed by atoms with Crippen molar-refractivity contribution < 1.29 is 19.4 Å². The van der Waals surface area contributed by atoms with Gasteiger partial charge in [-0.2, -0.15) is 0 Å². The van der Waals surface area contributed by atoms with Gasteiger partial charge in [-0.3, -0.25) is 4.79 Å². The Bertz CT molecular complexity index is 785. The van der Waals surface area contributed by atoms with E-state index in [0.717, 1.165) is 4.47 Å². The molecular weight excluding hydrogens is 510 g/mol. The Labute approximate surface area is 163 Å². The molecule has 2 aromatic carbocycles. The largest absolute Gasteiger partial charge is 0.481 e. The van der Waals surface area contributed by atoms with Gasteiger partial charge in [-0.05, 0) is 68.6 Å². The fraction of sp³-hybridized carbons (Fsp3) is 0.125. The lowest BCUT2D eigenvalue weighted by molar-refractivity contribution is -0.118. The quantitative estimate of drug-likeness (QED) is 0.581. The van der Waals surface area contributed by atoms with Crippen molar-refractivity contribution in [1.82, 2.24) is 0 Å². The molecule has 0 bridgehead atoms. The molecule has 0 aliphatic heterocycles. The van der Waals surface area contributed by atoms with Crippen molar-refractivity contribution in [1.29, 1.82) is 0 Å². The van der Waals surface area contributed by atoms with Crippen LogP contribution >= 0.6 is 47.8 Å². The second kappa shape index (κ2) is 8.13. The van der Waals surface area contributed by atoms with Crippen molar-refractivity contribution in [3.8, 4) is 5.75 Å². The molecule has 5 nitrogen and oxygen atoms in total. The second-order valence-electron chi connectivity index (χ2n) is 4.82. The number of carboxylic acids is 1. The fourth-order valence-corrected chi connectivity index (χ4v) is 4.48. The van der Waals surface area contributed by atoms with Crippen LogP contribution in [0.3, 0.4) is 0 Å². The highest BCUT2D eigenvalue weighted by Crippen LogP contribution is 2.36. The highest BCUT2D eigenvalue weighted by atomic mass is 79.9. The normalized spacial score (nSPS) is 10.3. The number of carbonyl (C=O) groups is 2. The van der Waals surface area contributed by atoms with Gasteiger partial charge in [0.05, 0.1) is 14.5 Å². The Hall–Kier alpha value is -1.38. The molecule has 2 rings (SSSR count). The van der Waals surface area contributed by atoms with E-state index in [1.807, 2.05) is 0 Å². The molecule has 0 fully saturated rings. The molecule has 24 heavy (non-hydrogen) atoms. The summed E-state index contributed by atoms with van der Waals surface area (Å²) < 4.78 is 7.78. The van der Waals surface area contributed by atoms with E-state index < -0.39 is 5.97 Å². The van der Waals surface area contributed by atoms with E-state index in [4.69, 9.17) is 9.84 Å². The van der Waals surface area contributed by atoms with Crippen LogP contribution in [-0.4, -0.2) is 23.6 Å². The van der Waals surface area contributed by atoms with Gasteiger partial charge in [-0.1, -0.05) is 22.0 Å². The summed E-state index contributed by atoms with van der Waals surface area (Å²) in [6, 6.07) is 8.32. The summed E-state index contributed by atoms with van der Waals surface area (Å²) >= 11 is 10.1. The van der Waals surface area contributed by atoms with E-state index in [1.54, 1.807) is 31.2 Å². The van der Waals surface area contributed by atoms with Crippen LogP contribution in [0.4, 0.5) is 5.69 Å². The third-order valence-corrected chi connectivity index (χ3v) is 4.78. The van der Waals surface area contributed by atoms with E-state index in [-0.39, 0.29) is 18.1 Å². The lowest BCUT2D eigenvalue weighted by Gasteiger charge is -2.13. The zero-order chi connectivity index (χ0) is 17.9. The fourth-order valence-electron chi connectivity index (χ4n) is 1.99. The molecule has 0 aromatic heterocycles. The topological polar surface area (TPSA) is 75.6 Å². The minimum Gasteiger partial charge on any atom is -0.481 e. The predicted molar refractivity (Wildman–Crippen MR) is 102 cm³/mol. The summed E-state index contributed by atoms with van der Waals surface area (Å²) in [5, 5.41) is 11.8. The number of rotatable bonds is 5. The summed E-state index contributed by atoms with van der Waals surface area (Å²) in [4.78, 5) is 23.2. The minimum absolute atomic E-state index is 0.145. The van der Waals surface area contributed by atoms with E-state index in [0.29, 0.717) is 25.9 Å². The van der Waals surface area contributed by atoms with E-state index in [2.05, 4.69) is 53.1 Å². The molecule has 2 N–H and O–H groups in total. The maximum atomic E-state index is 12.1. The Kier molecular flexibility index (Phi) is 6.42. The van der Waals surface area contributed by atoms with E-state index in [9.17, 15) is 9.59 Å². The number of hydrogen-bond donors (Lipinski definition) is 2. The standard InChI is InChI=1S/C16H12Br3NO4/c1-8-10(16(22)23)3-2-4-13(8)20-14(21)7-24-15-11(18)5-9(17)6-12(15)19/h2-6H,7H2,1H3,(H,20,21)(H,22,23). The number of ether oxygens (including phenoxy) is 1. The third kappa shape index (κ3) is 4.58. The number of benzene rings is 2. The van der Waals surface area contributed by atoms with Crippen molar-refractivity contribution in [3.05, 3.63) is 54.9 Å². The molecule has 0 aliphatic carbocycles. The molecule has 1 amide bonds. The number of hydrogen-bond acceptors (Lipinski definition) is 3. The van der Waals surface area contributed by atoms with Crippen LogP contribution in [-0.2, 0) is 4.79 Å². The summed E-state index contributed by atoms with van der Waals surface area (Å²) in [5.74, 6) is -0.922. The van der Waals surface area contributed by atoms with Crippen LogP contribution in [0, 0.1) is 6.92 Å². The first-order chi connectivity index (χ1) is 11.3. The molecular formula is C16H12Br3NO4. The van der Waals surface area contributed by atoms with Gasteiger partial charge in [0.2, 0.25) is 0 Å². The Morgan fingerprint density at radius 1 is 1.17 bits per heavy atom. The number of carbonyl (C=O) groups excluding carboxylic acids is 1. The minimum atomic E-state index is -1.04. The smallest absolute Gasteiger partial charge is 0.336 e. The Morgan fingerprint density at radius 3 is 2.38 bits per heavy atom. The van der Waals surface area contributed by atoms with Gasteiger partial charge in [0.15, 0.2) is 6.61 Å². The number of nitrogens with one attached hydrogen (secondary N) is 1. The molecule has 2 aromatic rings. The monoisotopic (exact) mass is 519 g/mol. The highest BCUT2D eigenvalue weighted by Gasteiger charge is 2.14. The lowest BCUT2D eigenvalue weighted by Crippen LogP contribution is -2.21. The van der Waals surface area contributed by atoms with Crippen molar-refractivity contribution in [2.24, 2.45) is 0 Å². The number of halogens is 3. The zero-order valence-corrected chi connectivity index (χ0v) is 17.2. The molecule has 0 atom stereocenters. The van der Waals surface area contributed by atoms with Crippen molar-refractivity contribution in [2.45, 2.75) is 6.92 Å². The maximum Gasteiger partial charge on any atom is 0.336 e. The number of anilines is 1. The predicted octanol–water partition coefficient (Wildman–Crippen LogP) is 5.00. The second-order valence-corrected chi connectivity index (χ2v) is 7.44. The SMILES string of the molecule is Cc1c(NC(=O)COc2c(Br)cc(Br)cc2Br)cccc1C(=O)O. The van der Waals surface area contributed by atoms with Crippen LogP contribution in [0.2, 0.25) is 0 Å². The molecule has 8 heteroatoms. The summed E-state index contributed by atoms with van der Waals surface area (Å²) in [6.45, 7) is 1.43. The Morgan fingerprint density at radius 2 is 1.79 bits per heavy atom. The van der Waals surface area contributed by atoms with Gasteiger partial charge < -0.3 is 15.2 Å². The van der Waals surface area contributed by atoms with Gasteiger partial charge in [0.1, 0.15) is 5.75 Å². The number of carboxylic acid groups (broad SMARTS) is 1. The Balaban J connectivity index is 2.08. The molecule has 0 radical (unpaired) electrons. The average molecular weight is 522 g/mol. The van der Waals surface area contributed by atoms with Gasteiger partial charge in [0.25, 0.3) is 5.91 Å². The van der Waals surface area contributed by atoms with Crippen LogP contribution in [0.5, 0.6) is 5.75 Å². The van der Waals surface area contributed by atoms with Gasteiger partial charge in [-0.25, -0.2) is 4.79 Å². The van der Waals surface area contributed by atoms with Gasteiger partial charge in [0, 0.05) is 10.2 Å². The van der Waals surface area contributed by atoms with Gasteiger partial charge in [-0.15, -0.1) is 0 Å². The summed E-state index contributed by atoms with van der Waals surface area (Å²) in [5.41, 5.74) is 1.08. The molecule has 126 valence electrons. The molecule has 0 saturated heterocycles. The molecule has 0 saturated carbocycles. The van der Waals surface area contributed by atoms with Crippen molar-refractivity contribution >= 4 is 65.4 Å².